The van der Waals surface area contributed by atoms with E-state index < -0.39 is 9.84 Å². The molecular formula is C14H22N2O2S. The molecule has 2 atom stereocenters. The lowest BCUT2D eigenvalue weighted by Gasteiger charge is -2.28. The van der Waals surface area contributed by atoms with Gasteiger partial charge in [0.05, 0.1) is 5.25 Å². The second kappa shape index (κ2) is 6.48. The van der Waals surface area contributed by atoms with Crippen molar-refractivity contribution in [1.82, 2.24) is 10.3 Å². The Bertz CT molecular complexity index is 487. The van der Waals surface area contributed by atoms with Crippen molar-refractivity contribution in [3.8, 4) is 0 Å². The van der Waals surface area contributed by atoms with Gasteiger partial charge in [-0.3, -0.25) is 4.98 Å². The van der Waals surface area contributed by atoms with Gasteiger partial charge in [-0.15, -0.1) is 0 Å². The lowest BCUT2D eigenvalue weighted by molar-refractivity contribution is 0.373. The zero-order chi connectivity index (χ0) is 13.7. The highest BCUT2D eigenvalue weighted by Crippen LogP contribution is 2.23. The van der Waals surface area contributed by atoms with Crippen LogP contribution in [-0.4, -0.2) is 37.5 Å². The second-order valence-corrected chi connectivity index (χ2v) is 7.67. The van der Waals surface area contributed by atoms with Crippen molar-refractivity contribution in [3.05, 3.63) is 30.1 Å². The van der Waals surface area contributed by atoms with Gasteiger partial charge in [-0.25, -0.2) is 8.42 Å². The van der Waals surface area contributed by atoms with Gasteiger partial charge in [0.25, 0.3) is 0 Å². The predicted molar refractivity (Wildman–Crippen MR) is 76.8 cm³/mol. The van der Waals surface area contributed by atoms with Crippen LogP contribution in [0, 0.1) is 0 Å². The van der Waals surface area contributed by atoms with Gasteiger partial charge in [0.15, 0.2) is 0 Å². The fourth-order valence-corrected chi connectivity index (χ4v) is 3.85. The van der Waals surface area contributed by atoms with Crippen LogP contribution in [-0.2, 0) is 16.3 Å². The topological polar surface area (TPSA) is 59.1 Å². The summed E-state index contributed by atoms with van der Waals surface area (Å²) in [5, 5.41) is 3.31. The summed E-state index contributed by atoms with van der Waals surface area (Å²) in [6.45, 7) is 0.859. The first-order chi connectivity index (χ1) is 9.05. The predicted octanol–water partition coefficient (Wildman–Crippen LogP) is 1.57. The van der Waals surface area contributed by atoms with Gasteiger partial charge in [0, 0.05) is 37.2 Å². The first-order valence-corrected chi connectivity index (χ1v) is 8.83. The van der Waals surface area contributed by atoms with Gasteiger partial charge in [0.2, 0.25) is 0 Å². The number of nitrogens with one attached hydrogen (secondary N) is 1. The molecule has 0 amide bonds. The molecule has 2 unspecified atom stereocenters. The summed E-state index contributed by atoms with van der Waals surface area (Å²) in [7, 11) is -2.89. The molecule has 1 fully saturated rings. The molecule has 1 aliphatic carbocycles. The zero-order valence-corrected chi connectivity index (χ0v) is 12.2. The average molecular weight is 282 g/mol. The average Bonchev–Trinajstić information content (AvgIpc) is 2.39. The number of hydrogen-bond donors (Lipinski definition) is 1. The minimum Gasteiger partial charge on any atom is -0.314 e. The third kappa shape index (κ3) is 4.58. The monoisotopic (exact) mass is 282 g/mol. The fraction of sp³-hybridized carbons (Fsp3) is 0.643. The molecule has 0 aromatic carbocycles. The maximum absolute atomic E-state index is 11.6. The Kier molecular flexibility index (Phi) is 4.93. The summed E-state index contributed by atoms with van der Waals surface area (Å²) in [6.07, 6.45) is 7.69. The molecule has 0 aliphatic heterocycles. The van der Waals surface area contributed by atoms with E-state index >= 15 is 0 Å². The Hall–Kier alpha value is -0.940. The van der Waals surface area contributed by atoms with Crippen molar-refractivity contribution in [3.63, 3.8) is 0 Å². The molecule has 4 nitrogen and oxygen atoms in total. The molecule has 19 heavy (non-hydrogen) atoms. The van der Waals surface area contributed by atoms with E-state index in [0.29, 0.717) is 6.04 Å². The quantitative estimate of drug-likeness (QED) is 0.890. The first kappa shape index (κ1) is 14.5. The second-order valence-electron chi connectivity index (χ2n) is 5.34. The summed E-state index contributed by atoms with van der Waals surface area (Å²) < 4.78 is 23.2. The number of sulfone groups is 1. The van der Waals surface area contributed by atoms with E-state index in [2.05, 4.69) is 10.3 Å². The summed E-state index contributed by atoms with van der Waals surface area (Å²) in [6, 6.07) is 6.25. The summed E-state index contributed by atoms with van der Waals surface area (Å²) in [5.74, 6) is 0. The Morgan fingerprint density at radius 2 is 2.21 bits per heavy atom. The van der Waals surface area contributed by atoms with Crippen molar-refractivity contribution in [2.24, 2.45) is 0 Å². The number of hydrogen-bond acceptors (Lipinski definition) is 4. The van der Waals surface area contributed by atoms with E-state index in [0.717, 1.165) is 44.3 Å². The highest BCUT2D eigenvalue weighted by Gasteiger charge is 2.28. The van der Waals surface area contributed by atoms with E-state index in [4.69, 9.17) is 0 Å². The largest absolute Gasteiger partial charge is 0.314 e. The summed E-state index contributed by atoms with van der Waals surface area (Å²) in [4.78, 5) is 4.28. The Morgan fingerprint density at radius 3 is 2.89 bits per heavy atom. The standard InChI is InChI=1S/C14H22N2O2S/c1-19(17,18)14-7-4-6-13(11-14)16-10-8-12-5-2-3-9-15-12/h2-3,5,9,13-14,16H,4,6-8,10-11H2,1H3. The number of aromatic nitrogens is 1. The molecule has 0 saturated heterocycles. The SMILES string of the molecule is CS(=O)(=O)C1CCCC(NCCc2ccccn2)C1. The van der Waals surface area contributed by atoms with E-state index in [1.165, 1.54) is 6.26 Å². The van der Waals surface area contributed by atoms with Gasteiger partial charge >= 0.3 is 0 Å². The van der Waals surface area contributed by atoms with Gasteiger partial charge in [0.1, 0.15) is 9.84 Å². The Morgan fingerprint density at radius 1 is 1.37 bits per heavy atom. The minimum absolute atomic E-state index is 0.159. The van der Waals surface area contributed by atoms with Crippen LogP contribution in [0.2, 0.25) is 0 Å². The molecule has 0 spiro atoms. The molecule has 0 bridgehead atoms. The van der Waals surface area contributed by atoms with E-state index in [9.17, 15) is 8.42 Å². The highest BCUT2D eigenvalue weighted by molar-refractivity contribution is 7.91. The van der Waals surface area contributed by atoms with Crippen LogP contribution in [0.5, 0.6) is 0 Å². The molecule has 106 valence electrons. The lowest BCUT2D eigenvalue weighted by Crippen LogP contribution is -2.39. The summed E-state index contributed by atoms with van der Waals surface area (Å²) in [5.41, 5.74) is 1.07. The molecule has 1 aromatic heterocycles. The van der Waals surface area contributed by atoms with Crippen molar-refractivity contribution in [2.45, 2.75) is 43.4 Å². The molecular weight excluding hydrogens is 260 g/mol. The van der Waals surface area contributed by atoms with Crippen molar-refractivity contribution in [2.75, 3.05) is 12.8 Å². The number of rotatable bonds is 5. The highest BCUT2D eigenvalue weighted by atomic mass is 32.2. The molecule has 1 N–H and O–H groups in total. The number of pyridine rings is 1. The van der Waals surface area contributed by atoms with Crippen LogP contribution in [0.3, 0.4) is 0 Å². The third-order valence-corrected chi connectivity index (χ3v) is 5.41. The molecule has 2 rings (SSSR count). The molecule has 1 heterocycles. The van der Waals surface area contributed by atoms with Gasteiger partial charge in [-0.05, 0) is 31.4 Å². The van der Waals surface area contributed by atoms with Crippen LogP contribution < -0.4 is 5.32 Å². The van der Waals surface area contributed by atoms with Crippen molar-refractivity contribution < 1.29 is 8.42 Å². The van der Waals surface area contributed by atoms with Gasteiger partial charge in [-0.1, -0.05) is 12.5 Å². The molecule has 5 heteroatoms. The smallest absolute Gasteiger partial charge is 0.150 e. The van der Waals surface area contributed by atoms with Crippen LogP contribution in [0.15, 0.2) is 24.4 Å². The number of nitrogens with zero attached hydrogens (tertiary/aromatic N) is 1. The molecule has 1 saturated carbocycles. The lowest BCUT2D eigenvalue weighted by atomic mass is 9.95. The van der Waals surface area contributed by atoms with Crippen molar-refractivity contribution >= 4 is 9.84 Å². The molecule has 0 radical (unpaired) electrons. The zero-order valence-electron chi connectivity index (χ0n) is 11.4. The van der Waals surface area contributed by atoms with Gasteiger partial charge < -0.3 is 5.32 Å². The van der Waals surface area contributed by atoms with E-state index in [-0.39, 0.29) is 5.25 Å². The maximum atomic E-state index is 11.6. The van der Waals surface area contributed by atoms with Crippen molar-refractivity contribution in [1.29, 1.82) is 0 Å². The third-order valence-electron chi connectivity index (χ3n) is 3.77. The first-order valence-electron chi connectivity index (χ1n) is 6.88. The molecule has 1 aromatic rings. The van der Waals surface area contributed by atoms with Gasteiger partial charge in [-0.2, -0.15) is 0 Å². The van der Waals surface area contributed by atoms with Crippen LogP contribution in [0.1, 0.15) is 31.4 Å². The van der Waals surface area contributed by atoms with Crippen LogP contribution in [0.25, 0.3) is 0 Å². The minimum atomic E-state index is -2.89. The van der Waals surface area contributed by atoms with E-state index in [1.54, 1.807) is 6.20 Å². The van der Waals surface area contributed by atoms with E-state index in [1.807, 2.05) is 18.2 Å². The molecule has 1 aliphatic rings. The fourth-order valence-electron chi connectivity index (χ4n) is 2.67. The van der Waals surface area contributed by atoms with Crippen LogP contribution >= 0.6 is 0 Å². The van der Waals surface area contributed by atoms with Crippen LogP contribution in [0.4, 0.5) is 0 Å². The Balaban J connectivity index is 1.77. The maximum Gasteiger partial charge on any atom is 0.150 e. The Labute approximate surface area is 115 Å². The summed E-state index contributed by atoms with van der Waals surface area (Å²) >= 11 is 0. The normalized spacial score (nSPS) is 24.3.